The van der Waals surface area contributed by atoms with Crippen LogP contribution in [0.3, 0.4) is 0 Å². The zero-order valence-electron chi connectivity index (χ0n) is 8.92. The molecule has 4 nitrogen and oxygen atoms in total. The zero-order valence-corrected chi connectivity index (χ0v) is 8.92. The standard InChI is InChI=1S/C13H9N3O/c14-7-9-2-1-3-10(6-9)13-11(8-17)4-5-12(15)16-13/h1-6,8H,(H2,15,16). The van der Waals surface area contributed by atoms with E-state index >= 15 is 0 Å². The van der Waals surface area contributed by atoms with E-state index in [-0.39, 0.29) is 0 Å². The summed E-state index contributed by atoms with van der Waals surface area (Å²) in [5, 5.41) is 8.83. The number of pyridine rings is 1. The number of nitrogens with two attached hydrogens (primary N) is 1. The van der Waals surface area contributed by atoms with Crippen molar-refractivity contribution in [3.05, 3.63) is 47.5 Å². The lowest BCUT2D eigenvalue weighted by Gasteiger charge is -2.05. The van der Waals surface area contributed by atoms with Crippen molar-refractivity contribution >= 4 is 12.1 Å². The molecule has 0 radical (unpaired) electrons. The number of rotatable bonds is 2. The van der Waals surface area contributed by atoms with Gasteiger partial charge >= 0.3 is 0 Å². The average molecular weight is 223 g/mol. The summed E-state index contributed by atoms with van der Waals surface area (Å²) in [5.41, 5.74) is 7.77. The van der Waals surface area contributed by atoms with Gasteiger partial charge in [-0.15, -0.1) is 0 Å². The number of aldehydes is 1. The molecule has 82 valence electrons. The molecule has 0 aliphatic heterocycles. The number of carbonyl (C=O) groups is 1. The van der Waals surface area contributed by atoms with Crippen LogP contribution in [0.1, 0.15) is 15.9 Å². The number of nitrogens with zero attached hydrogens (tertiary/aromatic N) is 2. The van der Waals surface area contributed by atoms with Gasteiger partial charge in [0.1, 0.15) is 5.82 Å². The number of nitrogen functional groups attached to an aromatic ring is 1. The van der Waals surface area contributed by atoms with Gasteiger partial charge in [-0.1, -0.05) is 12.1 Å². The Morgan fingerprint density at radius 1 is 1.29 bits per heavy atom. The molecule has 0 saturated heterocycles. The van der Waals surface area contributed by atoms with E-state index in [2.05, 4.69) is 4.98 Å². The molecule has 0 bridgehead atoms. The molecule has 4 heteroatoms. The first kappa shape index (κ1) is 10.8. The number of anilines is 1. The molecule has 0 atom stereocenters. The first-order valence-corrected chi connectivity index (χ1v) is 4.97. The van der Waals surface area contributed by atoms with Gasteiger partial charge in [0, 0.05) is 11.1 Å². The van der Waals surface area contributed by atoms with E-state index in [1.807, 2.05) is 6.07 Å². The monoisotopic (exact) mass is 223 g/mol. The van der Waals surface area contributed by atoms with E-state index in [0.29, 0.717) is 28.2 Å². The third kappa shape index (κ3) is 2.13. The summed E-state index contributed by atoms with van der Waals surface area (Å²) in [6.07, 6.45) is 0.723. The van der Waals surface area contributed by atoms with E-state index < -0.39 is 0 Å². The number of carbonyl (C=O) groups excluding carboxylic acids is 1. The molecule has 2 N–H and O–H groups in total. The highest BCUT2D eigenvalue weighted by atomic mass is 16.1. The molecule has 0 saturated carbocycles. The minimum atomic E-state index is 0.341. The maximum atomic E-state index is 10.9. The van der Waals surface area contributed by atoms with Crippen LogP contribution in [0.25, 0.3) is 11.3 Å². The molecule has 2 aromatic rings. The van der Waals surface area contributed by atoms with Crippen molar-refractivity contribution in [2.45, 2.75) is 0 Å². The first-order chi connectivity index (χ1) is 8.24. The summed E-state index contributed by atoms with van der Waals surface area (Å²) in [4.78, 5) is 15.0. The van der Waals surface area contributed by atoms with E-state index in [9.17, 15) is 4.79 Å². The van der Waals surface area contributed by atoms with E-state index in [0.717, 1.165) is 6.29 Å². The van der Waals surface area contributed by atoms with E-state index in [4.69, 9.17) is 11.0 Å². The highest BCUT2D eigenvalue weighted by molar-refractivity contribution is 5.86. The molecule has 0 fully saturated rings. The normalized spacial score (nSPS) is 9.59. The van der Waals surface area contributed by atoms with Crippen LogP contribution in [-0.4, -0.2) is 11.3 Å². The van der Waals surface area contributed by atoms with Crippen LogP contribution < -0.4 is 5.73 Å². The Morgan fingerprint density at radius 2 is 2.12 bits per heavy atom. The largest absolute Gasteiger partial charge is 0.384 e. The Balaban J connectivity index is 2.63. The van der Waals surface area contributed by atoms with Crippen LogP contribution >= 0.6 is 0 Å². The topological polar surface area (TPSA) is 79.8 Å². The fourth-order valence-electron chi connectivity index (χ4n) is 1.55. The lowest BCUT2D eigenvalue weighted by Crippen LogP contribution is -1.97. The molecule has 0 aliphatic carbocycles. The predicted octanol–water partition coefficient (Wildman–Crippen LogP) is 2.01. The second-order valence-electron chi connectivity index (χ2n) is 3.48. The SMILES string of the molecule is N#Cc1cccc(-c2nc(N)ccc2C=O)c1. The minimum absolute atomic E-state index is 0.341. The quantitative estimate of drug-likeness (QED) is 0.790. The second kappa shape index (κ2) is 4.45. The summed E-state index contributed by atoms with van der Waals surface area (Å²) in [5.74, 6) is 0.341. The van der Waals surface area contributed by atoms with Crippen LogP contribution in [0.5, 0.6) is 0 Å². The van der Waals surface area contributed by atoms with Crippen molar-refractivity contribution in [2.75, 3.05) is 5.73 Å². The van der Waals surface area contributed by atoms with E-state index in [1.54, 1.807) is 36.4 Å². The van der Waals surface area contributed by atoms with Gasteiger partial charge in [-0.25, -0.2) is 4.98 Å². The van der Waals surface area contributed by atoms with E-state index in [1.165, 1.54) is 0 Å². The number of benzene rings is 1. The van der Waals surface area contributed by atoms with Gasteiger partial charge in [0.25, 0.3) is 0 Å². The smallest absolute Gasteiger partial charge is 0.152 e. The molecule has 1 aromatic carbocycles. The van der Waals surface area contributed by atoms with Crippen LogP contribution in [0.15, 0.2) is 36.4 Å². The maximum Gasteiger partial charge on any atom is 0.152 e. The molecule has 0 amide bonds. The van der Waals surface area contributed by atoms with Gasteiger partial charge in [-0.05, 0) is 24.3 Å². The Labute approximate surface area is 98.3 Å². The van der Waals surface area contributed by atoms with Crippen molar-refractivity contribution in [3.63, 3.8) is 0 Å². The summed E-state index contributed by atoms with van der Waals surface area (Å²) in [6.45, 7) is 0. The number of aromatic nitrogens is 1. The summed E-state index contributed by atoms with van der Waals surface area (Å²) in [6, 6.07) is 12.1. The van der Waals surface area contributed by atoms with Crippen LogP contribution in [0.2, 0.25) is 0 Å². The fraction of sp³-hybridized carbons (Fsp3) is 0. The molecule has 0 unspecified atom stereocenters. The van der Waals surface area contributed by atoms with Crippen molar-refractivity contribution in [1.82, 2.24) is 4.98 Å². The number of hydrogen-bond donors (Lipinski definition) is 1. The Hall–Kier alpha value is -2.67. The number of nitriles is 1. The Kier molecular flexibility index (Phi) is 2.84. The van der Waals surface area contributed by atoms with Crippen LogP contribution in [0.4, 0.5) is 5.82 Å². The summed E-state index contributed by atoms with van der Waals surface area (Å²) in [7, 11) is 0. The molecule has 2 rings (SSSR count). The van der Waals surface area contributed by atoms with Crippen molar-refractivity contribution < 1.29 is 4.79 Å². The highest BCUT2D eigenvalue weighted by Gasteiger charge is 2.07. The highest BCUT2D eigenvalue weighted by Crippen LogP contribution is 2.22. The maximum absolute atomic E-state index is 10.9. The predicted molar refractivity (Wildman–Crippen MR) is 64.2 cm³/mol. The molecule has 1 aromatic heterocycles. The van der Waals surface area contributed by atoms with Crippen molar-refractivity contribution in [1.29, 1.82) is 5.26 Å². The van der Waals surface area contributed by atoms with Gasteiger partial charge in [0.2, 0.25) is 0 Å². The Bertz CT molecular complexity index is 614. The molecule has 0 aliphatic rings. The van der Waals surface area contributed by atoms with Crippen LogP contribution in [-0.2, 0) is 0 Å². The lowest BCUT2D eigenvalue weighted by atomic mass is 10.0. The fourth-order valence-corrected chi connectivity index (χ4v) is 1.55. The van der Waals surface area contributed by atoms with Gasteiger partial charge in [0.15, 0.2) is 6.29 Å². The van der Waals surface area contributed by atoms with Gasteiger partial charge in [-0.3, -0.25) is 4.79 Å². The molecular formula is C13H9N3O. The van der Waals surface area contributed by atoms with Gasteiger partial charge in [-0.2, -0.15) is 5.26 Å². The zero-order chi connectivity index (χ0) is 12.3. The second-order valence-corrected chi connectivity index (χ2v) is 3.48. The molecule has 1 heterocycles. The van der Waals surface area contributed by atoms with Crippen molar-refractivity contribution in [2.24, 2.45) is 0 Å². The third-order valence-corrected chi connectivity index (χ3v) is 2.34. The molecule has 0 spiro atoms. The van der Waals surface area contributed by atoms with Gasteiger partial charge in [0.05, 0.1) is 17.3 Å². The number of hydrogen-bond acceptors (Lipinski definition) is 4. The van der Waals surface area contributed by atoms with Crippen LogP contribution in [0, 0.1) is 11.3 Å². The summed E-state index contributed by atoms with van der Waals surface area (Å²) < 4.78 is 0. The molecule has 17 heavy (non-hydrogen) atoms. The average Bonchev–Trinajstić information content (AvgIpc) is 2.39. The van der Waals surface area contributed by atoms with Crippen molar-refractivity contribution in [3.8, 4) is 17.3 Å². The third-order valence-electron chi connectivity index (χ3n) is 2.34. The molecular weight excluding hydrogens is 214 g/mol. The Morgan fingerprint density at radius 3 is 2.82 bits per heavy atom. The van der Waals surface area contributed by atoms with Gasteiger partial charge < -0.3 is 5.73 Å². The summed E-state index contributed by atoms with van der Waals surface area (Å²) >= 11 is 0. The lowest BCUT2D eigenvalue weighted by molar-refractivity contribution is 0.112. The first-order valence-electron chi connectivity index (χ1n) is 4.97. The minimum Gasteiger partial charge on any atom is -0.384 e.